The zero-order chi connectivity index (χ0) is 17.1. The Morgan fingerprint density at radius 3 is 2.64 bits per heavy atom. The number of pyridine rings is 1. The highest BCUT2D eigenvalue weighted by atomic mass is 16.5. The Bertz CT molecular complexity index is 1030. The van der Waals surface area contributed by atoms with Crippen molar-refractivity contribution in [3.8, 4) is 11.4 Å². The molecule has 4 rings (SSSR count). The number of carbonyl (C=O) groups is 1. The minimum Gasteiger partial charge on any atom is -0.315 e. The SMILES string of the molecule is O=C(Cc1ccc2ccccc2c1)Nc1nc(-c2ccncc2)no1. The van der Waals surface area contributed by atoms with Gasteiger partial charge in [0.1, 0.15) is 0 Å². The summed E-state index contributed by atoms with van der Waals surface area (Å²) in [6.07, 6.45) is 3.52. The molecule has 0 saturated carbocycles. The zero-order valence-electron chi connectivity index (χ0n) is 13.2. The summed E-state index contributed by atoms with van der Waals surface area (Å²) in [4.78, 5) is 20.3. The van der Waals surface area contributed by atoms with Gasteiger partial charge in [0.15, 0.2) is 0 Å². The predicted molar refractivity (Wildman–Crippen MR) is 93.8 cm³/mol. The van der Waals surface area contributed by atoms with Crippen LogP contribution in [-0.2, 0) is 11.2 Å². The third-order valence-corrected chi connectivity index (χ3v) is 3.79. The first-order valence-electron chi connectivity index (χ1n) is 7.79. The fourth-order valence-corrected chi connectivity index (χ4v) is 2.59. The summed E-state index contributed by atoms with van der Waals surface area (Å²) in [5.74, 6) is 0.198. The molecule has 6 heteroatoms. The molecule has 0 atom stereocenters. The molecule has 0 aliphatic rings. The van der Waals surface area contributed by atoms with E-state index in [4.69, 9.17) is 4.52 Å². The average Bonchev–Trinajstić information content (AvgIpc) is 3.10. The first kappa shape index (κ1) is 15.0. The van der Waals surface area contributed by atoms with E-state index in [-0.39, 0.29) is 18.3 Å². The molecular weight excluding hydrogens is 316 g/mol. The van der Waals surface area contributed by atoms with Gasteiger partial charge in [-0.25, -0.2) is 0 Å². The lowest BCUT2D eigenvalue weighted by atomic mass is 10.1. The first-order valence-corrected chi connectivity index (χ1v) is 7.79. The van der Waals surface area contributed by atoms with Crippen LogP contribution in [0.1, 0.15) is 5.56 Å². The third kappa shape index (κ3) is 3.37. The summed E-state index contributed by atoms with van der Waals surface area (Å²) < 4.78 is 5.08. The lowest BCUT2D eigenvalue weighted by molar-refractivity contribution is -0.115. The van der Waals surface area contributed by atoms with Gasteiger partial charge in [-0.3, -0.25) is 15.1 Å². The minimum absolute atomic E-state index is 0.0811. The van der Waals surface area contributed by atoms with Crippen molar-refractivity contribution in [2.75, 3.05) is 5.32 Å². The maximum Gasteiger partial charge on any atom is 0.328 e. The summed E-state index contributed by atoms with van der Waals surface area (Å²) in [7, 11) is 0. The van der Waals surface area contributed by atoms with Gasteiger partial charge < -0.3 is 4.52 Å². The summed E-state index contributed by atoms with van der Waals surface area (Å²) in [6, 6.07) is 17.6. The van der Waals surface area contributed by atoms with Crippen molar-refractivity contribution in [2.24, 2.45) is 0 Å². The van der Waals surface area contributed by atoms with Crippen molar-refractivity contribution < 1.29 is 9.32 Å². The fourth-order valence-electron chi connectivity index (χ4n) is 2.59. The second kappa shape index (κ2) is 6.52. The van der Waals surface area contributed by atoms with Crippen LogP contribution in [0.3, 0.4) is 0 Å². The van der Waals surface area contributed by atoms with E-state index in [0.29, 0.717) is 5.82 Å². The molecule has 0 saturated heterocycles. The van der Waals surface area contributed by atoms with Gasteiger partial charge in [0.05, 0.1) is 6.42 Å². The Morgan fingerprint density at radius 1 is 1.00 bits per heavy atom. The number of nitrogens with one attached hydrogen (secondary N) is 1. The number of carbonyl (C=O) groups excluding carboxylic acids is 1. The molecule has 0 fully saturated rings. The smallest absolute Gasteiger partial charge is 0.315 e. The second-order valence-electron chi connectivity index (χ2n) is 5.57. The minimum atomic E-state index is -0.208. The molecule has 0 bridgehead atoms. The Kier molecular flexibility index (Phi) is 3.92. The number of rotatable bonds is 4. The number of hydrogen-bond acceptors (Lipinski definition) is 5. The van der Waals surface area contributed by atoms with Crippen LogP contribution in [0.4, 0.5) is 6.01 Å². The maximum absolute atomic E-state index is 12.2. The lowest BCUT2D eigenvalue weighted by Gasteiger charge is -2.03. The molecule has 0 aliphatic heterocycles. The molecule has 0 spiro atoms. The molecule has 1 N–H and O–H groups in total. The van der Waals surface area contributed by atoms with Gasteiger partial charge >= 0.3 is 6.01 Å². The quantitative estimate of drug-likeness (QED) is 0.620. The van der Waals surface area contributed by atoms with Gasteiger partial charge in [-0.15, -0.1) is 0 Å². The van der Waals surface area contributed by atoms with E-state index in [1.54, 1.807) is 24.5 Å². The summed E-state index contributed by atoms with van der Waals surface area (Å²) in [5, 5.41) is 8.74. The molecule has 2 aromatic heterocycles. The van der Waals surface area contributed by atoms with Crippen LogP contribution in [0.2, 0.25) is 0 Å². The monoisotopic (exact) mass is 330 g/mol. The number of fused-ring (bicyclic) bond motifs is 1. The molecule has 0 unspecified atom stereocenters. The van der Waals surface area contributed by atoms with Gasteiger partial charge in [0.2, 0.25) is 11.7 Å². The molecule has 4 aromatic rings. The Morgan fingerprint density at radius 2 is 1.80 bits per heavy atom. The van der Waals surface area contributed by atoms with Crippen molar-refractivity contribution in [2.45, 2.75) is 6.42 Å². The Balaban J connectivity index is 1.46. The van der Waals surface area contributed by atoms with Crippen LogP contribution >= 0.6 is 0 Å². The van der Waals surface area contributed by atoms with Crippen molar-refractivity contribution in [1.82, 2.24) is 15.1 Å². The van der Waals surface area contributed by atoms with E-state index in [1.165, 1.54) is 0 Å². The molecule has 1 amide bonds. The largest absolute Gasteiger partial charge is 0.328 e. The number of anilines is 1. The van der Waals surface area contributed by atoms with Gasteiger partial charge in [0.25, 0.3) is 0 Å². The highest BCUT2D eigenvalue weighted by molar-refractivity contribution is 5.91. The summed E-state index contributed by atoms with van der Waals surface area (Å²) >= 11 is 0. The number of benzene rings is 2. The van der Waals surface area contributed by atoms with E-state index in [9.17, 15) is 4.79 Å². The summed E-state index contributed by atoms with van der Waals surface area (Å²) in [6.45, 7) is 0. The molecule has 6 nitrogen and oxygen atoms in total. The van der Waals surface area contributed by atoms with Crippen LogP contribution in [0.5, 0.6) is 0 Å². The highest BCUT2D eigenvalue weighted by Crippen LogP contribution is 2.18. The van der Waals surface area contributed by atoms with E-state index in [0.717, 1.165) is 21.9 Å². The lowest BCUT2D eigenvalue weighted by Crippen LogP contribution is -2.14. The number of nitrogens with zero attached hydrogens (tertiary/aromatic N) is 3. The normalized spacial score (nSPS) is 10.7. The van der Waals surface area contributed by atoms with Crippen molar-refractivity contribution in [3.05, 3.63) is 72.6 Å². The number of hydrogen-bond donors (Lipinski definition) is 1. The van der Waals surface area contributed by atoms with E-state index in [1.807, 2.05) is 42.5 Å². The van der Waals surface area contributed by atoms with Crippen molar-refractivity contribution in [1.29, 1.82) is 0 Å². The fraction of sp³-hybridized carbons (Fsp3) is 0.0526. The van der Waals surface area contributed by atoms with Gasteiger partial charge in [0, 0.05) is 18.0 Å². The molecule has 25 heavy (non-hydrogen) atoms. The van der Waals surface area contributed by atoms with Crippen LogP contribution in [-0.4, -0.2) is 21.0 Å². The van der Waals surface area contributed by atoms with Crippen LogP contribution in [0.15, 0.2) is 71.5 Å². The van der Waals surface area contributed by atoms with Gasteiger partial charge in [-0.2, -0.15) is 4.98 Å². The molecule has 2 aromatic carbocycles. The van der Waals surface area contributed by atoms with Crippen molar-refractivity contribution >= 4 is 22.7 Å². The Hall–Kier alpha value is -3.54. The van der Waals surface area contributed by atoms with Crippen molar-refractivity contribution in [3.63, 3.8) is 0 Å². The topological polar surface area (TPSA) is 80.9 Å². The molecule has 0 radical (unpaired) electrons. The first-order chi connectivity index (χ1) is 12.3. The van der Waals surface area contributed by atoms with Gasteiger partial charge in [-0.05, 0) is 28.5 Å². The molecular formula is C19H14N4O2. The standard InChI is InChI=1S/C19H14N4O2/c24-17(12-13-5-6-14-3-1-2-4-16(14)11-13)21-19-22-18(23-25-19)15-7-9-20-10-8-15/h1-11H,12H2,(H,21,22,23,24). The average molecular weight is 330 g/mol. The van der Waals surface area contributed by atoms with Crippen LogP contribution in [0.25, 0.3) is 22.2 Å². The number of aromatic nitrogens is 3. The van der Waals surface area contributed by atoms with Gasteiger partial charge in [-0.1, -0.05) is 47.6 Å². The van der Waals surface area contributed by atoms with E-state index < -0.39 is 0 Å². The highest BCUT2D eigenvalue weighted by Gasteiger charge is 2.12. The maximum atomic E-state index is 12.2. The third-order valence-electron chi connectivity index (χ3n) is 3.79. The molecule has 2 heterocycles. The van der Waals surface area contributed by atoms with E-state index in [2.05, 4.69) is 20.4 Å². The van der Waals surface area contributed by atoms with Crippen LogP contribution in [0, 0.1) is 0 Å². The molecule has 122 valence electrons. The Labute approximate surface area is 143 Å². The zero-order valence-corrected chi connectivity index (χ0v) is 13.2. The predicted octanol–water partition coefficient (Wildman–Crippen LogP) is 3.47. The second-order valence-corrected chi connectivity index (χ2v) is 5.57. The molecule has 0 aliphatic carbocycles. The van der Waals surface area contributed by atoms with E-state index >= 15 is 0 Å². The summed E-state index contributed by atoms with van der Waals surface area (Å²) in [5.41, 5.74) is 1.69. The van der Waals surface area contributed by atoms with Crippen LogP contribution < -0.4 is 5.32 Å². The number of amides is 1.